The SMILES string of the molecule is COC[C@@H]1[C@@H](C=CC(C)=CC(=O)O)[C@@]1(C)c1cc(C(C)C)cc(C(C)C)c1. The summed E-state index contributed by atoms with van der Waals surface area (Å²) >= 11 is 0. The average Bonchev–Trinajstić information content (AvgIpc) is 3.16. The summed E-state index contributed by atoms with van der Waals surface area (Å²) in [6.07, 6.45) is 5.34. The molecule has 1 aliphatic rings. The van der Waals surface area contributed by atoms with Crippen molar-refractivity contribution in [2.24, 2.45) is 11.8 Å². The predicted molar refractivity (Wildman–Crippen MR) is 111 cm³/mol. The van der Waals surface area contributed by atoms with Gasteiger partial charge in [-0.1, -0.05) is 65.0 Å². The van der Waals surface area contributed by atoms with Crippen LogP contribution in [0.2, 0.25) is 0 Å². The molecular formula is C24H34O3. The molecule has 0 aliphatic heterocycles. The third kappa shape index (κ3) is 4.70. The minimum absolute atomic E-state index is 0.0184. The van der Waals surface area contributed by atoms with Crippen molar-refractivity contribution < 1.29 is 14.6 Å². The zero-order valence-corrected chi connectivity index (χ0v) is 17.7. The number of hydrogen-bond acceptors (Lipinski definition) is 2. The van der Waals surface area contributed by atoms with Gasteiger partial charge >= 0.3 is 5.97 Å². The molecule has 27 heavy (non-hydrogen) atoms. The van der Waals surface area contributed by atoms with Crippen LogP contribution in [-0.4, -0.2) is 24.8 Å². The maximum absolute atomic E-state index is 10.9. The lowest BCUT2D eigenvalue weighted by Crippen LogP contribution is -2.10. The van der Waals surface area contributed by atoms with E-state index in [-0.39, 0.29) is 5.41 Å². The van der Waals surface area contributed by atoms with Crippen molar-refractivity contribution in [1.82, 2.24) is 0 Å². The summed E-state index contributed by atoms with van der Waals surface area (Å²) in [5, 5.41) is 8.92. The Bertz CT molecular complexity index is 716. The van der Waals surface area contributed by atoms with Crippen molar-refractivity contribution in [3.63, 3.8) is 0 Å². The first-order valence-corrected chi connectivity index (χ1v) is 9.85. The summed E-state index contributed by atoms with van der Waals surface area (Å²) in [5.41, 5.74) is 4.90. The number of benzene rings is 1. The van der Waals surface area contributed by atoms with E-state index in [1.54, 1.807) is 7.11 Å². The first-order chi connectivity index (χ1) is 12.6. The van der Waals surface area contributed by atoms with Crippen molar-refractivity contribution in [1.29, 1.82) is 0 Å². The molecule has 148 valence electrons. The van der Waals surface area contributed by atoms with Crippen molar-refractivity contribution >= 4 is 5.97 Å². The van der Waals surface area contributed by atoms with Gasteiger partial charge in [0.15, 0.2) is 0 Å². The third-order valence-corrected chi connectivity index (χ3v) is 5.98. The third-order valence-electron chi connectivity index (χ3n) is 5.98. The second kappa shape index (κ2) is 8.43. The van der Waals surface area contributed by atoms with Gasteiger partial charge in [-0.15, -0.1) is 0 Å². The molecule has 0 bridgehead atoms. The summed E-state index contributed by atoms with van der Waals surface area (Å²) in [7, 11) is 1.75. The molecule has 1 aromatic carbocycles. The van der Waals surface area contributed by atoms with Gasteiger partial charge in [-0.05, 0) is 52.9 Å². The van der Waals surface area contributed by atoms with E-state index >= 15 is 0 Å². The minimum Gasteiger partial charge on any atom is -0.478 e. The van der Waals surface area contributed by atoms with Crippen LogP contribution in [-0.2, 0) is 14.9 Å². The molecule has 3 heteroatoms. The molecule has 0 spiro atoms. The summed E-state index contributed by atoms with van der Waals surface area (Å²) < 4.78 is 5.50. The van der Waals surface area contributed by atoms with Crippen molar-refractivity contribution in [2.75, 3.05) is 13.7 Å². The second-order valence-corrected chi connectivity index (χ2v) is 8.65. The summed E-state index contributed by atoms with van der Waals surface area (Å²) in [5.74, 6) is 0.812. The fourth-order valence-corrected chi connectivity index (χ4v) is 3.99. The number of carboxylic acid groups (broad SMARTS) is 1. The lowest BCUT2D eigenvalue weighted by molar-refractivity contribution is -0.131. The number of hydrogen-bond donors (Lipinski definition) is 1. The van der Waals surface area contributed by atoms with Crippen LogP contribution < -0.4 is 0 Å². The van der Waals surface area contributed by atoms with Crippen LogP contribution in [0.25, 0.3) is 0 Å². The summed E-state index contributed by atoms with van der Waals surface area (Å²) in [4.78, 5) is 10.9. The Kier molecular flexibility index (Phi) is 6.69. The Morgan fingerprint density at radius 3 is 2.19 bits per heavy atom. The highest BCUT2D eigenvalue weighted by atomic mass is 16.5. The van der Waals surface area contributed by atoms with E-state index in [1.807, 2.05) is 13.0 Å². The standard InChI is InChI=1S/C24H34O3/c1-15(2)18-11-19(16(3)4)13-20(12-18)24(6)21(22(24)14-27-7)9-8-17(5)10-23(25)26/h8-13,15-16,21-22H,14H2,1-7H3,(H,25,26)/t21-,22-,24-/m1/s1. The van der Waals surface area contributed by atoms with Crippen molar-refractivity contribution in [3.8, 4) is 0 Å². The highest BCUT2D eigenvalue weighted by molar-refractivity contribution is 5.81. The van der Waals surface area contributed by atoms with E-state index in [1.165, 1.54) is 22.8 Å². The van der Waals surface area contributed by atoms with Crippen LogP contribution in [0.5, 0.6) is 0 Å². The smallest absolute Gasteiger partial charge is 0.328 e. The number of rotatable bonds is 8. The van der Waals surface area contributed by atoms with Gasteiger partial charge in [-0.3, -0.25) is 0 Å². The highest BCUT2D eigenvalue weighted by Gasteiger charge is 2.60. The predicted octanol–water partition coefficient (Wildman–Crippen LogP) is 5.67. The molecule has 1 aromatic rings. The lowest BCUT2D eigenvalue weighted by atomic mass is 9.86. The Morgan fingerprint density at radius 2 is 1.74 bits per heavy atom. The zero-order chi connectivity index (χ0) is 20.4. The van der Waals surface area contributed by atoms with E-state index in [4.69, 9.17) is 9.84 Å². The van der Waals surface area contributed by atoms with Crippen LogP contribution in [0.4, 0.5) is 0 Å². The van der Waals surface area contributed by atoms with Gasteiger partial charge < -0.3 is 9.84 Å². The maximum Gasteiger partial charge on any atom is 0.328 e. The fourth-order valence-electron chi connectivity index (χ4n) is 3.99. The van der Waals surface area contributed by atoms with Crippen molar-refractivity contribution in [3.05, 3.63) is 58.7 Å². The molecule has 1 fully saturated rings. The molecule has 1 N–H and O–H groups in total. The minimum atomic E-state index is -0.907. The molecule has 0 radical (unpaired) electrons. The molecule has 0 saturated heterocycles. The van der Waals surface area contributed by atoms with Gasteiger partial charge in [0, 0.05) is 18.6 Å². The molecule has 0 heterocycles. The quantitative estimate of drug-likeness (QED) is 0.474. The van der Waals surface area contributed by atoms with Gasteiger partial charge in [0.25, 0.3) is 0 Å². The summed E-state index contributed by atoms with van der Waals surface area (Å²) in [6.45, 7) is 13.8. The number of carbonyl (C=O) groups is 1. The first-order valence-electron chi connectivity index (χ1n) is 9.85. The van der Waals surface area contributed by atoms with Gasteiger partial charge in [0.05, 0.1) is 6.61 Å². The molecule has 0 unspecified atom stereocenters. The molecule has 0 aromatic heterocycles. The number of allylic oxidation sites excluding steroid dienone is 3. The van der Waals surface area contributed by atoms with Gasteiger partial charge in [-0.25, -0.2) is 4.79 Å². The van der Waals surface area contributed by atoms with Crippen LogP contribution in [0.1, 0.15) is 70.1 Å². The number of ether oxygens (including phenoxy) is 1. The van der Waals surface area contributed by atoms with Gasteiger partial charge in [-0.2, -0.15) is 0 Å². The van der Waals surface area contributed by atoms with E-state index < -0.39 is 5.97 Å². The monoisotopic (exact) mass is 370 g/mol. The first kappa shape index (κ1) is 21.4. The highest BCUT2D eigenvalue weighted by Crippen LogP contribution is 2.61. The Balaban J connectivity index is 2.42. The summed E-state index contributed by atoms with van der Waals surface area (Å²) in [6, 6.07) is 7.04. The largest absolute Gasteiger partial charge is 0.478 e. The number of methoxy groups -OCH3 is 1. The fraction of sp³-hybridized carbons (Fsp3) is 0.542. The average molecular weight is 371 g/mol. The maximum atomic E-state index is 10.9. The van der Waals surface area contributed by atoms with E-state index in [0.29, 0.717) is 30.3 Å². The second-order valence-electron chi connectivity index (χ2n) is 8.65. The molecule has 0 amide bonds. The molecule has 1 aliphatic carbocycles. The van der Waals surface area contributed by atoms with Crippen LogP contribution in [0.3, 0.4) is 0 Å². The van der Waals surface area contributed by atoms with Gasteiger partial charge in [0.2, 0.25) is 0 Å². The Labute approximate surface area is 164 Å². The van der Waals surface area contributed by atoms with Crippen LogP contribution in [0, 0.1) is 11.8 Å². The van der Waals surface area contributed by atoms with E-state index in [0.717, 1.165) is 5.57 Å². The Hall–Kier alpha value is -1.87. The zero-order valence-electron chi connectivity index (χ0n) is 17.7. The van der Waals surface area contributed by atoms with E-state index in [9.17, 15) is 4.79 Å². The van der Waals surface area contributed by atoms with Crippen LogP contribution in [0.15, 0.2) is 42.0 Å². The molecule has 3 atom stereocenters. The molecule has 3 nitrogen and oxygen atoms in total. The topological polar surface area (TPSA) is 46.5 Å². The van der Waals surface area contributed by atoms with E-state index in [2.05, 4.69) is 58.9 Å². The Morgan fingerprint density at radius 1 is 1.19 bits per heavy atom. The molecule has 2 rings (SSSR count). The van der Waals surface area contributed by atoms with Crippen LogP contribution >= 0.6 is 0 Å². The number of aliphatic carboxylic acids is 1. The molecule has 1 saturated carbocycles. The normalized spacial score (nSPS) is 25.6. The van der Waals surface area contributed by atoms with Crippen molar-refractivity contribution in [2.45, 2.75) is 58.8 Å². The number of carboxylic acids is 1. The van der Waals surface area contributed by atoms with Gasteiger partial charge in [0.1, 0.15) is 0 Å². The lowest BCUT2D eigenvalue weighted by Gasteiger charge is -2.19. The molecular weight excluding hydrogens is 336 g/mol.